The van der Waals surface area contributed by atoms with Crippen LogP contribution in [0.4, 0.5) is 22.7 Å². The van der Waals surface area contributed by atoms with E-state index < -0.39 is 71.7 Å². The van der Waals surface area contributed by atoms with Crippen LogP contribution in [0.25, 0.3) is 24.3 Å². The first-order chi connectivity index (χ1) is 46.0. The van der Waals surface area contributed by atoms with Gasteiger partial charge in [-0.1, -0.05) is 85.0 Å². The van der Waals surface area contributed by atoms with Crippen LogP contribution in [-0.4, -0.2) is 92.4 Å². The number of nitro benzene ring substituents is 4. The second kappa shape index (κ2) is 33.5. The largest absolute Gasteiger partial charge is 0.497 e. The molecule has 0 aromatic heterocycles. The quantitative estimate of drug-likeness (QED) is 0.0298. The van der Waals surface area contributed by atoms with Crippen molar-refractivity contribution in [2.24, 2.45) is 0 Å². The summed E-state index contributed by atoms with van der Waals surface area (Å²) in [5.74, 6) is 3.53. The molecule has 0 spiro atoms. The summed E-state index contributed by atoms with van der Waals surface area (Å²) in [6.07, 6.45) is 12.1. The van der Waals surface area contributed by atoms with Crippen molar-refractivity contribution in [3.63, 3.8) is 0 Å². The van der Waals surface area contributed by atoms with Crippen LogP contribution in [-0.2, 0) is 19.7 Å². The predicted octanol–water partition coefficient (Wildman–Crippen LogP) is 15.1. The van der Waals surface area contributed by atoms with Crippen LogP contribution in [0.3, 0.4) is 0 Å². The average molecular weight is 1350 g/mol. The predicted molar refractivity (Wildman–Crippen MR) is 365 cm³/mol. The van der Waals surface area contributed by atoms with E-state index in [9.17, 15) is 57.3 Å². The summed E-state index contributed by atoms with van der Waals surface area (Å²) >= 11 is 0. The van der Waals surface area contributed by atoms with Gasteiger partial charge in [0, 0.05) is 59.7 Å². The Morgan fingerprint density at radius 2 is 0.615 bits per heavy atom. The van der Waals surface area contributed by atoms with Gasteiger partial charge in [0.1, 0.15) is 44.0 Å². The van der Waals surface area contributed by atoms with E-state index in [2.05, 4.69) is 0 Å². The van der Waals surface area contributed by atoms with Gasteiger partial charge in [0.2, 0.25) is 0 Å². The number of non-ortho nitro benzene ring substituents is 4. The SMILES string of the molecule is CCOc1ccc(/C=C/C(c2ccc(OC)cc2)S(=O)(=O)C(/C=C/c2ccc(OCC)c(OC)c2)c2ccc(OC)cc2)cc1OC.COc1ccc([N+](=O)[O-])cc1C(C=Cc1ccc([N+](=O)[O-])cc1)S(=O)(=O)C(C=Cc1ccc([N+](=O)[O-])cc1)c1cc([N+](=O)[O-])ccc1OC. The fourth-order valence-electron chi connectivity index (χ4n) is 9.95. The van der Waals surface area contributed by atoms with E-state index in [4.69, 9.17) is 37.9 Å². The number of nitro groups is 4. The third kappa shape index (κ3) is 18.1. The van der Waals surface area contributed by atoms with Gasteiger partial charge >= 0.3 is 0 Å². The van der Waals surface area contributed by atoms with E-state index in [0.29, 0.717) is 70.0 Å². The zero-order chi connectivity index (χ0) is 69.7. The number of sulfone groups is 2. The number of hydrogen-bond donors (Lipinski definition) is 0. The molecule has 0 aliphatic rings. The lowest BCUT2D eigenvalue weighted by Crippen LogP contribution is -2.20. The van der Waals surface area contributed by atoms with Gasteiger partial charge in [-0.15, -0.1) is 0 Å². The van der Waals surface area contributed by atoms with E-state index in [1.54, 1.807) is 101 Å². The van der Waals surface area contributed by atoms with E-state index in [1.807, 2.05) is 50.2 Å². The maximum absolute atomic E-state index is 14.9. The van der Waals surface area contributed by atoms with Crippen molar-refractivity contribution in [1.29, 1.82) is 0 Å². The van der Waals surface area contributed by atoms with Gasteiger partial charge in [-0.3, -0.25) is 40.5 Å². The molecule has 0 N–H and O–H groups in total. The van der Waals surface area contributed by atoms with Gasteiger partial charge in [0.15, 0.2) is 42.7 Å². The lowest BCUT2D eigenvalue weighted by molar-refractivity contribution is -0.385. The zero-order valence-corrected chi connectivity index (χ0v) is 54.9. The van der Waals surface area contributed by atoms with Crippen LogP contribution < -0.4 is 37.9 Å². The van der Waals surface area contributed by atoms with Crippen LogP contribution >= 0.6 is 0 Å². The number of ether oxygens (including phenoxy) is 8. The number of rotatable bonds is 30. The maximum atomic E-state index is 14.9. The molecule has 4 unspecified atom stereocenters. The highest BCUT2D eigenvalue weighted by molar-refractivity contribution is 7.92. The number of methoxy groups -OCH3 is 6. The molecule has 26 heteroatoms. The summed E-state index contributed by atoms with van der Waals surface area (Å²) in [6, 6.07) is 42.2. The average Bonchev–Trinajstić information content (AvgIpc) is 0.770. The van der Waals surface area contributed by atoms with E-state index >= 15 is 0 Å². The molecule has 0 heterocycles. The Bertz CT molecular complexity index is 4140. The summed E-state index contributed by atoms with van der Waals surface area (Å²) in [6.45, 7) is 4.79. The van der Waals surface area contributed by atoms with Gasteiger partial charge in [0.05, 0.1) is 75.6 Å². The summed E-state index contributed by atoms with van der Waals surface area (Å²) < 4.78 is 103. The standard InChI is InChI=1S/C38H42O8S.C32H26N4O12S/c1-7-45-33-21-9-27(25-35(33)43-5)11-23-37(29-13-17-31(41-3)18-14-29)47(39,40)38(30-15-19-32(42-4)20-16-30)24-12-28-10-22-34(46-8-2)36(26-28)44-6;1-47-29-15-13-25(35(41)42)19-27(29)31(17-7-21-3-9-23(10-4-21)33(37)38)49(45,46)32(18-8-22-5-11-24(12-6-22)34(39)40)28-20-26(36(43)44)14-16-30(28)48-2/h9-26,37-38H,7-8H2,1-6H3;3-20,31-32H,1-2H3/b23-11+,24-12+;. The first-order valence-corrected chi connectivity index (χ1v) is 32.5. The lowest BCUT2D eigenvalue weighted by Gasteiger charge is -2.24. The second-order valence-corrected chi connectivity index (χ2v) is 25.0. The highest BCUT2D eigenvalue weighted by atomic mass is 32.2. The molecule has 8 aromatic carbocycles. The van der Waals surface area contributed by atoms with Gasteiger partial charge in [-0.05, 0) is 132 Å². The van der Waals surface area contributed by atoms with E-state index in [1.165, 1.54) is 99.2 Å². The van der Waals surface area contributed by atoms with E-state index in [0.717, 1.165) is 35.4 Å². The number of hydrogen-bond acceptors (Lipinski definition) is 20. The minimum Gasteiger partial charge on any atom is -0.497 e. The Labute approximate surface area is 554 Å². The zero-order valence-electron chi connectivity index (χ0n) is 53.3. The molecule has 500 valence electrons. The molecule has 0 bridgehead atoms. The van der Waals surface area contributed by atoms with Gasteiger partial charge in [-0.2, -0.15) is 0 Å². The summed E-state index contributed by atoms with van der Waals surface area (Å²) in [4.78, 5) is 43.2. The van der Waals surface area contributed by atoms with Crippen molar-refractivity contribution >= 4 is 66.7 Å². The molecule has 0 amide bonds. The Morgan fingerprint density at radius 3 is 0.917 bits per heavy atom. The van der Waals surface area contributed by atoms with Crippen molar-refractivity contribution in [3.8, 4) is 46.0 Å². The summed E-state index contributed by atoms with van der Waals surface area (Å²) in [5.41, 5.74) is 1.78. The van der Waals surface area contributed by atoms with Crippen molar-refractivity contribution in [2.75, 3.05) is 55.9 Å². The molecule has 0 fully saturated rings. The fraction of sp³-hybridized carbons (Fsp3) is 0.200. The van der Waals surface area contributed by atoms with Crippen molar-refractivity contribution < 1.29 is 74.4 Å². The molecule has 24 nitrogen and oxygen atoms in total. The van der Waals surface area contributed by atoms with Gasteiger partial charge < -0.3 is 37.9 Å². The molecule has 0 saturated heterocycles. The number of nitrogens with zero attached hydrogens (tertiary/aromatic N) is 4. The topological polar surface area (TPSA) is 315 Å². The molecule has 0 radical (unpaired) electrons. The van der Waals surface area contributed by atoms with Crippen LogP contribution in [0, 0.1) is 40.5 Å². The van der Waals surface area contributed by atoms with Crippen LogP contribution in [0.1, 0.15) is 79.4 Å². The van der Waals surface area contributed by atoms with Crippen LogP contribution in [0.2, 0.25) is 0 Å². The van der Waals surface area contributed by atoms with Crippen LogP contribution in [0.5, 0.6) is 46.0 Å². The molecule has 8 aromatic rings. The number of benzene rings is 8. The first kappa shape index (κ1) is 72.1. The van der Waals surface area contributed by atoms with E-state index in [-0.39, 0.29) is 34.0 Å². The van der Waals surface area contributed by atoms with Crippen molar-refractivity contribution in [2.45, 2.75) is 34.8 Å². The molecular formula is C70H68N4O20S2. The van der Waals surface area contributed by atoms with Crippen LogP contribution in [0.15, 0.2) is 194 Å². The minimum atomic E-state index is -4.70. The molecule has 8 rings (SSSR count). The normalized spacial score (nSPS) is 12.8. The Balaban J connectivity index is 0.000000271. The molecule has 0 aliphatic heterocycles. The maximum Gasteiger partial charge on any atom is 0.270 e. The first-order valence-electron chi connectivity index (χ1n) is 29.3. The molecule has 0 saturated carbocycles. The third-order valence-electron chi connectivity index (χ3n) is 14.8. The van der Waals surface area contributed by atoms with Gasteiger partial charge in [0.25, 0.3) is 22.7 Å². The van der Waals surface area contributed by atoms with Crippen molar-refractivity contribution in [1.82, 2.24) is 0 Å². The molecule has 0 aliphatic carbocycles. The molecular weight excluding hydrogens is 1280 g/mol. The molecule has 96 heavy (non-hydrogen) atoms. The van der Waals surface area contributed by atoms with Gasteiger partial charge in [-0.25, -0.2) is 16.8 Å². The smallest absolute Gasteiger partial charge is 0.270 e. The second-order valence-electron chi connectivity index (χ2n) is 20.6. The Kier molecular flexibility index (Phi) is 25.1. The fourth-order valence-corrected chi connectivity index (χ4v) is 13.9. The Hall–Kier alpha value is -11.4. The van der Waals surface area contributed by atoms with Crippen molar-refractivity contribution in [3.05, 3.63) is 279 Å². The Morgan fingerprint density at radius 1 is 0.333 bits per heavy atom. The summed E-state index contributed by atoms with van der Waals surface area (Å²) in [7, 11) is 0.0880. The third-order valence-corrected chi connectivity index (χ3v) is 19.3. The summed E-state index contributed by atoms with van der Waals surface area (Å²) in [5, 5.41) is 40.4. The monoisotopic (exact) mass is 1350 g/mol. The highest BCUT2D eigenvalue weighted by Crippen LogP contribution is 2.45. The highest BCUT2D eigenvalue weighted by Gasteiger charge is 2.39. The molecule has 4 atom stereocenters. The minimum absolute atomic E-state index is 0.0309. The lowest BCUT2D eigenvalue weighted by atomic mass is 10.1.